The van der Waals surface area contributed by atoms with Crippen molar-refractivity contribution in [1.82, 2.24) is 9.97 Å². The van der Waals surface area contributed by atoms with Crippen molar-refractivity contribution in [3.8, 4) is 0 Å². The molecule has 24 heavy (non-hydrogen) atoms. The van der Waals surface area contributed by atoms with Crippen LogP contribution in [-0.2, 0) is 39.1 Å². The number of H-pyrrole nitrogens is 1. The molecule has 2 aliphatic heterocycles. The molecule has 0 spiro atoms. The summed E-state index contributed by atoms with van der Waals surface area (Å²) in [5, 5.41) is 5.76. The Bertz CT molecular complexity index is 809. The maximum Gasteiger partial charge on any atom is 0.469 e. The van der Waals surface area contributed by atoms with E-state index in [0.29, 0.717) is 0 Å². The second-order valence-corrected chi connectivity index (χ2v) is 7.12. The Labute approximate surface area is 146 Å². The van der Waals surface area contributed by atoms with E-state index in [2.05, 4.69) is 25.1 Å². The van der Waals surface area contributed by atoms with Gasteiger partial charge in [-0.25, -0.2) is 4.57 Å². The van der Waals surface area contributed by atoms with Gasteiger partial charge in [-0.15, -0.1) is 0 Å². The molecule has 132 valence electrons. The van der Waals surface area contributed by atoms with Gasteiger partial charge in [0.2, 0.25) is 5.95 Å². The van der Waals surface area contributed by atoms with Gasteiger partial charge in [-0.05, 0) is 0 Å². The summed E-state index contributed by atoms with van der Waals surface area (Å²) in [7, 11) is -4.67. The molecule has 0 bridgehead atoms. The summed E-state index contributed by atoms with van der Waals surface area (Å²) in [6.07, 6.45) is -1.70. The molecule has 7 N–H and O–H groups in total. The molecule has 0 saturated carbocycles. The number of nitrogens with one attached hydrogen (secondary N) is 3. The van der Waals surface area contributed by atoms with Crippen LogP contribution in [0.2, 0.25) is 0 Å². The maximum absolute atomic E-state index is 11.9. The highest BCUT2D eigenvalue weighted by Crippen LogP contribution is 2.38. The van der Waals surface area contributed by atoms with E-state index in [1.807, 2.05) is 0 Å². The Morgan fingerprint density at radius 3 is 2.71 bits per heavy atom. The van der Waals surface area contributed by atoms with Gasteiger partial charge in [-0.3, -0.25) is 14.3 Å². The second kappa shape index (κ2) is 6.11. The van der Waals surface area contributed by atoms with Gasteiger partial charge < -0.3 is 56.1 Å². The Morgan fingerprint density at radius 2 is 2.04 bits per heavy atom. The first-order chi connectivity index (χ1) is 11.2. The summed E-state index contributed by atoms with van der Waals surface area (Å²) in [6.45, 7) is -0.466. The van der Waals surface area contributed by atoms with E-state index in [1.165, 1.54) is 0 Å². The second-order valence-electron chi connectivity index (χ2n) is 5.00. The molecule has 0 aliphatic carbocycles. The standard InChI is InChI=1S/C10H14N5O6PS2/c11-10-14-7-4(8(16)15-10)12-3-6(24)5(23)2(21-9(3)13-7)1-20-22(17,18)19/h2-3,9,12,23-24H,1H2,(H2,17,18,19)(H4,11,13,14,15,16)/p-2/t2-,3+,9-/m1/s1. The van der Waals surface area contributed by atoms with Gasteiger partial charge in [-0.2, -0.15) is 14.8 Å². The SMILES string of the molecule is Nc1nc2c(c(=O)[nH]1)N[C@H]1C([S-])=C([S-])[C@@H](COP(=O)(O)O)O[C@H]1N2. The molecule has 2 aliphatic rings. The number of ether oxygens (including phenoxy) is 1. The van der Waals surface area contributed by atoms with Crippen LogP contribution in [0.5, 0.6) is 0 Å². The average molecular weight is 393 g/mol. The first-order valence-electron chi connectivity index (χ1n) is 6.52. The molecule has 1 aromatic rings. The fraction of sp³-hybridized carbons (Fsp3) is 0.400. The van der Waals surface area contributed by atoms with Crippen LogP contribution in [0.4, 0.5) is 17.5 Å². The molecule has 14 heteroatoms. The number of hydrogen-bond acceptors (Lipinski definition) is 10. The van der Waals surface area contributed by atoms with Crippen LogP contribution < -0.4 is 21.9 Å². The number of nitrogens with zero attached hydrogens (tertiary/aromatic N) is 1. The summed E-state index contributed by atoms with van der Waals surface area (Å²) in [6, 6.07) is -0.627. The molecule has 11 nitrogen and oxygen atoms in total. The van der Waals surface area contributed by atoms with E-state index in [9.17, 15) is 9.36 Å². The summed E-state index contributed by atoms with van der Waals surface area (Å²) in [4.78, 5) is 36.3. The number of nitrogen functional groups attached to an aromatic ring is 1. The number of phosphoric ester groups is 1. The number of phosphoric acid groups is 1. The van der Waals surface area contributed by atoms with E-state index >= 15 is 0 Å². The van der Waals surface area contributed by atoms with Crippen molar-refractivity contribution in [2.45, 2.75) is 18.4 Å². The van der Waals surface area contributed by atoms with E-state index in [1.54, 1.807) is 0 Å². The highest BCUT2D eigenvalue weighted by Gasteiger charge is 2.35. The molecule has 0 radical (unpaired) electrons. The molecule has 3 rings (SSSR count). The molecular weight excluding hydrogens is 381 g/mol. The van der Waals surface area contributed by atoms with Crippen LogP contribution in [0.25, 0.3) is 0 Å². The van der Waals surface area contributed by atoms with E-state index in [4.69, 9.17) is 45.5 Å². The van der Waals surface area contributed by atoms with Crippen molar-refractivity contribution in [2.75, 3.05) is 23.0 Å². The van der Waals surface area contributed by atoms with E-state index in [-0.39, 0.29) is 27.3 Å². The van der Waals surface area contributed by atoms with Crippen molar-refractivity contribution in [3.63, 3.8) is 0 Å². The first kappa shape index (κ1) is 17.4. The number of hydrogen-bond donors (Lipinski definition) is 6. The zero-order valence-corrected chi connectivity index (χ0v) is 14.3. The fourth-order valence-electron chi connectivity index (χ4n) is 2.32. The minimum absolute atomic E-state index is 0.0817. The summed E-state index contributed by atoms with van der Waals surface area (Å²) >= 11 is 10.4. The number of anilines is 3. The minimum atomic E-state index is -4.67. The van der Waals surface area contributed by atoms with Gasteiger partial charge in [-0.1, -0.05) is 0 Å². The van der Waals surface area contributed by atoms with Gasteiger partial charge in [0.15, 0.2) is 12.0 Å². The average Bonchev–Trinajstić information content (AvgIpc) is 2.47. The summed E-state index contributed by atoms with van der Waals surface area (Å²) in [5.41, 5.74) is 5.15. The number of fused-ring (bicyclic) bond motifs is 2. The number of rotatable bonds is 3. The van der Waals surface area contributed by atoms with Crippen molar-refractivity contribution < 1.29 is 23.6 Å². The lowest BCUT2D eigenvalue weighted by atomic mass is 10.1. The molecule has 3 heterocycles. The Hall–Kier alpha value is -1.47. The summed E-state index contributed by atoms with van der Waals surface area (Å²) in [5.74, 6) is 0.0876. The molecule has 0 unspecified atom stereocenters. The lowest BCUT2D eigenvalue weighted by Crippen LogP contribution is -2.53. The molecule has 0 fully saturated rings. The van der Waals surface area contributed by atoms with Crippen LogP contribution in [0.15, 0.2) is 14.6 Å². The third kappa shape index (κ3) is 3.32. The normalized spacial score (nSPS) is 26.2. The third-order valence-electron chi connectivity index (χ3n) is 3.34. The largest absolute Gasteiger partial charge is 0.783 e. The maximum atomic E-state index is 11.9. The molecule has 0 saturated heterocycles. The van der Waals surface area contributed by atoms with Crippen molar-refractivity contribution in [3.05, 3.63) is 20.2 Å². The van der Waals surface area contributed by atoms with Crippen molar-refractivity contribution in [2.24, 2.45) is 0 Å². The van der Waals surface area contributed by atoms with Crippen LogP contribution >= 0.6 is 7.82 Å². The monoisotopic (exact) mass is 393 g/mol. The third-order valence-corrected chi connectivity index (χ3v) is 4.91. The van der Waals surface area contributed by atoms with Crippen LogP contribution in [-0.4, -0.2) is 44.7 Å². The Kier molecular flexibility index (Phi) is 4.42. The quantitative estimate of drug-likeness (QED) is 0.265. The smallest absolute Gasteiger partial charge is 0.469 e. The minimum Gasteiger partial charge on any atom is -0.783 e. The van der Waals surface area contributed by atoms with Gasteiger partial charge >= 0.3 is 7.82 Å². The van der Waals surface area contributed by atoms with Crippen LogP contribution in [0.1, 0.15) is 0 Å². The fourth-order valence-corrected chi connectivity index (χ4v) is 3.22. The van der Waals surface area contributed by atoms with Gasteiger partial charge in [0.1, 0.15) is 5.69 Å². The molecule has 0 amide bonds. The first-order valence-corrected chi connectivity index (χ1v) is 8.87. The van der Waals surface area contributed by atoms with Crippen LogP contribution in [0.3, 0.4) is 0 Å². The highest BCUT2D eigenvalue weighted by atomic mass is 32.1. The lowest BCUT2D eigenvalue weighted by molar-refractivity contribution is -0.0154. The van der Waals surface area contributed by atoms with Crippen molar-refractivity contribution >= 4 is 50.5 Å². The number of aromatic nitrogens is 2. The van der Waals surface area contributed by atoms with E-state index < -0.39 is 38.4 Å². The topological polar surface area (TPSA) is 172 Å². The lowest BCUT2D eigenvalue weighted by Gasteiger charge is -2.49. The van der Waals surface area contributed by atoms with Crippen molar-refractivity contribution in [1.29, 1.82) is 0 Å². The Morgan fingerprint density at radius 1 is 1.33 bits per heavy atom. The number of aromatic amines is 1. The highest BCUT2D eigenvalue weighted by molar-refractivity contribution is 7.68. The van der Waals surface area contributed by atoms with Gasteiger partial charge in [0.05, 0.1) is 18.8 Å². The Balaban J connectivity index is 1.88. The zero-order valence-electron chi connectivity index (χ0n) is 11.8. The molecular formula is C10H12N5O6PS2-2. The predicted molar refractivity (Wildman–Crippen MR) is 88.7 cm³/mol. The molecule has 3 atom stereocenters. The summed E-state index contributed by atoms with van der Waals surface area (Å²) < 4.78 is 20.9. The van der Waals surface area contributed by atoms with E-state index in [0.717, 1.165) is 0 Å². The van der Waals surface area contributed by atoms with Gasteiger partial charge in [0, 0.05) is 0 Å². The van der Waals surface area contributed by atoms with Crippen LogP contribution in [0, 0.1) is 0 Å². The molecule has 0 aromatic carbocycles. The number of nitrogens with two attached hydrogens (primary N) is 1. The zero-order chi connectivity index (χ0) is 17.6. The molecule has 1 aromatic heterocycles. The van der Waals surface area contributed by atoms with Gasteiger partial charge in [0.25, 0.3) is 5.56 Å². The predicted octanol–water partition coefficient (Wildman–Crippen LogP) is -1.30.